The van der Waals surface area contributed by atoms with Crippen molar-refractivity contribution < 1.29 is 14.3 Å². The van der Waals surface area contributed by atoms with E-state index in [1.165, 1.54) is 4.90 Å². The van der Waals surface area contributed by atoms with Gasteiger partial charge in [0.15, 0.2) is 0 Å². The molecule has 2 aromatic rings. The third-order valence-corrected chi connectivity index (χ3v) is 7.43. The molecule has 1 aromatic carbocycles. The number of benzene rings is 1. The van der Waals surface area contributed by atoms with Crippen LogP contribution in [-0.4, -0.2) is 59.0 Å². The van der Waals surface area contributed by atoms with Gasteiger partial charge in [0.2, 0.25) is 0 Å². The van der Waals surface area contributed by atoms with Crippen LogP contribution in [0.1, 0.15) is 36.8 Å². The van der Waals surface area contributed by atoms with Crippen molar-refractivity contribution in [3.63, 3.8) is 0 Å². The Balaban J connectivity index is 1.37. The first-order valence-corrected chi connectivity index (χ1v) is 11.8. The maximum Gasteiger partial charge on any atom is 0.325 e. The SMILES string of the molecule is CCC1(C2CCN(Cc3nccs3)CC2)NC(=O)N(CCc2ccc(OC)cc2)C1=O. The van der Waals surface area contributed by atoms with Gasteiger partial charge in [-0.25, -0.2) is 9.78 Å². The highest BCUT2D eigenvalue weighted by Crippen LogP contribution is 2.36. The van der Waals surface area contributed by atoms with Crippen LogP contribution in [0, 0.1) is 5.92 Å². The molecule has 8 heteroatoms. The molecule has 1 unspecified atom stereocenters. The van der Waals surface area contributed by atoms with E-state index in [1.807, 2.05) is 42.8 Å². The van der Waals surface area contributed by atoms with Gasteiger partial charge in [0, 0.05) is 18.1 Å². The van der Waals surface area contributed by atoms with Crippen LogP contribution in [0.2, 0.25) is 0 Å². The average Bonchev–Trinajstić information content (AvgIpc) is 3.39. The summed E-state index contributed by atoms with van der Waals surface area (Å²) >= 11 is 1.68. The van der Waals surface area contributed by atoms with Gasteiger partial charge in [-0.05, 0) is 62.4 Å². The summed E-state index contributed by atoms with van der Waals surface area (Å²) in [5.74, 6) is 0.893. The fraction of sp³-hybridized carbons (Fsp3) is 0.522. The van der Waals surface area contributed by atoms with Crippen molar-refractivity contribution in [3.05, 3.63) is 46.4 Å². The van der Waals surface area contributed by atoms with E-state index in [9.17, 15) is 9.59 Å². The molecule has 0 bridgehead atoms. The molecule has 166 valence electrons. The molecule has 1 N–H and O–H groups in total. The highest BCUT2D eigenvalue weighted by Gasteiger charge is 2.54. The van der Waals surface area contributed by atoms with Crippen molar-refractivity contribution in [2.45, 2.75) is 44.7 Å². The molecule has 0 saturated carbocycles. The third-order valence-electron chi connectivity index (χ3n) is 6.67. The van der Waals surface area contributed by atoms with Gasteiger partial charge >= 0.3 is 6.03 Å². The monoisotopic (exact) mass is 442 g/mol. The second kappa shape index (κ2) is 9.36. The minimum absolute atomic E-state index is 0.0631. The van der Waals surface area contributed by atoms with Gasteiger partial charge in [0.25, 0.3) is 5.91 Å². The number of piperidine rings is 1. The summed E-state index contributed by atoms with van der Waals surface area (Å²) in [4.78, 5) is 34.4. The largest absolute Gasteiger partial charge is 0.497 e. The summed E-state index contributed by atoms with van der Waals surface area (Å²) in [5, 5.41) is 6.22. The summed E-state index contributed by atoms with van der Waals surface area (Å²) in [6, 6.07) is 7.49. The molecule has 0 spiro atoms. The molecule has 7 nitrogen and oxygen atoms in total. The molecule has 2 fully saturated rings. The fourth-order valence-electron chi connectivity index (χ4n) is 4.79. The number of hydrogen-bond acceptors (Lipinski definition) is 6. The number of hydrogen-bond donors (Lipinski definition) is 1. The predicted molar refractivity (Wildman–Crippen MR) is 120 cm³/mol. The Morgan fingerprint density at radius 2 is 1.97 bits per heavy atom. The number of likely N-dealkylation sites (tertiary alicyclic amines) is 1. The molecule has 31 heavy (non-hydrogen) atoms. The topological polar surface area (TPSA) is 74.8 Å². The van der Waals surface area contributed by atoms with Crippen LogP contribution >= 0.6 is 11.3 Å². The number of carbonyl (C=O) groups excluding carboxylic acids is 2. The van der Waals surface area contributed by atoms with Crippen molar-refractivity contribution in [2.75, 3.05) is 26.7 Å². The lowest BCUT2D eigenvalue weighted by atomic mass is 9.75. The van der Waals surface area contributed by atoms with Gasteiger partial charge in [0.1, 0.15) is 16.3 Å². The summed E-state index contributed by atoms with van der Waals surface area (Å²) < 4.78 is 5.19. The molecule has 0 aliphatic carbocycles. The zero-order valence-corrected chi connectivity index (χ0v) is 19.0. The zero-order chi connectivity index (χ0) is 21.8. The number of carbonyl (C=O) groups is 2. The smallest absolute Gasteiger partial charge is 0.325 e. The fourth-order valence-corrected chi connectivity index (χ4v) is 5.45. The van der Waals surface area contributed by atoms with E-state index in [0.29, 0.717) is 19.4 Å². The Hall–Kier alpha value is -2.45. The van der Waals surface area contributed by atoms with Crippen LogP contribution in [0.3, 0.4) is 0 Å². The molecule has 1 aromatic heterocycles. The first-order valence-electron chi connectivity index (χ1n) is 10.9. The molecular weight excluding hydrogens is 412 g/mol. The van der Waals surface area contributed by atoms with Crippen molar-refractivity contribution in [1.29, 1.82) is 0 Å². The van der Waals surface area contributed by atoms with E-state index < -0.39 is 5.54 Å². The van der Waals surface area contributed by atoms with Gasteiger partial charge in [-0.1, -0.05) is 19.1 Å². The van der Waals surface area contributed by atoms with E-state index in [2.05, 4.69) is 15.2 Å². The van der Waals surface area contributed by atoms with Crippen molar-refractivity contribution >= 4 is 23.3 Å². The Kier molecular flexibility index (Phi) is 6.57. The van der Waals surface area contributed by atoms with E-state index >= 15 is 0 Å². The first-order chi connectivity index (χ1) is 15.1. The maximum atomic E-state index is 13.4. The molecule has 3 amide bonds. The van der Waals surface area contributed by atoms with Crippen LogP contribution in [0.15, 0.2) is 35.8 Å². The van der Waals surface area contributed by atoms with Crippen LogP contribution in [-0.2, 0) is 17.8 Å². The average molecular weight is 443 g/mol. The normalized spacial score (nSPS) is 22.7. The molecule has 1 atom stereocenters. The van der Waals surface area contributed by atoms with Gasteiger partial charge in [-0.3, -0.25) is 14.6 Å². The second-order valence-electron chi connectivity index (χ2n) is 8.29. The number of methoxy groups -OCH3 is 1. The Bertz CT molecular complexity index is 894. The number of amides is 3. The van der Waals surface area contributed by atoms with E-state index in [0.717, 1.165) is 48.8 Å². The van der Waals surface area contributed by atoms with Crippen molar-refractivity contribution in [1.82, 2.24) is 20.1 Å². The lowest BCUT2D eigenvalue weighted by Gasteiger charge is -2.40. The van der Waals surface area contributed by atoms with Crippen LogP contribution < -0.4 is 10.1 Å². The van der Waals surface area contributed by atoms with Gasteiger partial charge < -0.3 is 10.1 Å². The van der Waals surface area contributed by atoms with Gasteiger partial charge in [-0.15, -0.1) is 11.3 Å². The number of thiazole rings is 1. The number of rotatable bonds is 8. The minimum Gasteiger partial charge on any atom is -0.497 e. The quantitative estimate of drug-likeness (QED) is 0.635. The Morgan fingerprint density at radius 1 is 1.23 bits per heavy atom. The number of nitrogens with one attached hydrogen (secondary N) is 1. The zero-order valence-electron chi connectivity index (χ0n) is 18.2. The lowest BCUT2D eigenvalue weighted by Crippen LogP contribution is -2.55. The predicted octanol–water partition coefficient (Wildman–Crippen LogP) is 3.31. The molecule has 2 aliphatic rings. The molecule has 4 rings (SSSR count). The second-order valence-corrected chi connectivity index (χ2v) is 9.27. The summed E-state index contributed by atoms with van der Waals surface area (Å²) in [6.45, 7) is 5.09. The Morgan fingerprint density at radius 3 is 2.58 bits per heavy atom. The van der Waals surface area contributed by atoms with Crippen LogP contribution in [0.5, 0.6) is 5.75 Å². The molecular formula is C23H30N4O3S. The Labute approximate surface area is 187 Å². The van der Waals surface area contributed by atoms with E-state index in [4.69, 9.17) is 4.74 Å². The van der Waals surface area contributed by atoms with Crippen molar-refractivity contribution in [3.8, 4) is 5.75 Å². The highest BCUT2D eigenvalue weighted by atomic mass is 32.1. The number of imide groups is 1. The molecule has 2 saturated heterocycles. The summed E-state index contributed by atoms with van der Waals surface area (Å²) in [6.07, 6.45) is 4.89. The molecule has 0 radical (unpaired) electrons. The summed E-state index contributed by atoms with van der Waals surface area (Å²) in [5.41, 5.74) is 0.301. The molecule has 2 aliphatic heterocycles. The number of urea groups is 1. The van der Waals surface area contributed by atoms with E-state index in [-0.39, 0.29) is 17.9 Å². The number of ether oxygens (including phenoxy) is 1. The first kappa shape index (κ1) is 21.8. The highest BCUT2D eigenvalue weighted by molar-refractivity contribution is 7.09. The maximum absolute atomic E-state index is 13.4. The van der Waals surface area contributed by atoms with Crippen molar-refractivity contribution in [2.24, 2.45) is 5.92 Å². The van der Waals surface area contributed by atoms with Crippen LogP contribution in [0.4, 0.5) is 4.79 Å². The van der Waals surface area contributed by atoms with Gasteiger partial charge in [0.05, 0.1) is 13.7 Å². The minimum atomic E-state index is -0.774. The van der Waals surface area contributed by atoms with E-state index in [1.54, 1.807) is 18.4 Å². The third kappa shape index (κ3) is 4.45. The molecule has 3 heterocycles. The lowest BCUT2D eigenvalue weighted by molar-refractivity contribution is -0.134. The summed E-state index contributed by atoms with van der Waals surface area (Å²) in [7, 11) is 1.64. The van der Waals surface area contributed by atoms with Gasteiger partial charge in [-0.2, -0.15) is 0 Å². The van der Waals surface area contributed by atoms with Crippen LogP contribution in [0.25, 0.3) is 0 Å². The standard InChI is InChI=1S/C23H30N4O3S/c1-3-23(18-9-12-26(13-10-18)16-20-24-11-15-31-20)21(28)27(22(29)25-23)14-8-17-4-6-19(30-2)7-5-17/h4-7,11,15,18H,3,8-10,12-14,16H2,1-2H3,(H,25,29). The number of aromatic nitrogens is 1. The number of nitrogens with zero attached hydrogens (tertiary/aromatic N) is 3.